The number of nitrogens with zero attached hydrogens (tertiary/aromatic N) is 3. The van der Waals surface area contributed by atoms with E-state index in [0.29, 0.717) is 24.8 Å². The van der Waals surface area contributed by atoms with Gasteiger partial charge < -0.3 is 19.3 Å². The Morgan fingerprint density at radius 2 is 1.85 bits per heavy atom. The predicted octanol–water partition coefficient (Wildman–Crippen LogP) is 5.08. The fourth-order valence-corrected chi connectivity index (χ4v) is 5.51. The predicted molar refractivity (Wildman–Crippen MR) is 129 cm³/mol. The molecule has 0 amide bonds. The summed E-state index contributed by atoms with van der Waals surface area (Å²) in [6, 6.07) is 7.96. The van der Waals surface area contributed by atoms with Gasteiger partial charge in [-0.05, 0) is 49.6 Å². The molecule has 172 valence electrons. The van der Waals surface area contributed by atoms with Crippen LogP contribution in [0.1, 0.15) is 37.0 Å². The quantitative estimate of drug-likeness (QED) is 0.440. The van der Waals surface area contributed by atoms with E-state index < -0.39 is 6.10 Å². The van der Waals surface area contributed by atoms with Crippen molar-refractivity contribution in [2.24, 2.45) is 5.41 Å². The van der Waals surface area contributed by atoms with Gasteiger partial charge in [0.1, 0.15) is 10.8 Å². The van der Waals surface area contributed by atoms with E-state index in [1.807, 2.05) is 25.1 Å². The molecule has 1 saturated heterocycles. The Morgan fingerprint density at radius 1 is 1.06 bits per heavy atom. The number of rotatable bonds is 5. The molecule has 0 bridgehead atoms. The zero-order valence-corrected chi connectivity index (χ0v) is 20.0. The molecule has 1 unspecified atom stereocenters. The first kappa shape index (κ1) is 22.0. The van der Waals surface area contributed by atoms with Crippen molar-refractivity contribution in [1.29, 1.82) is 0 Å². The number of aliphatic hydroxyl groups is 1. The highest BCUT2D eigenvalue weighted by atomic mass is 32.1. The number of benzene rings is 2. The van der Waals surface area contributed by atoms with E-state index in [1.54, 1.807) is 31.8 Å². The average molecular weight is 466 g/mol. The first-order valence-electron chi connectivity index (χ1n) is 11.0. The van der Waals surface area contributed by atoms with E-state index in [1.165, 1.54) is 0 Å². The van der Waals surface area contributed by atoms with Crippen LogP contribution in [0.25, 0.3) is 31.8 Å². The van der Waals surface area contributed by atoms with E-state index >= 15 is 0 Å². The van der Waals surface area contributed by atoms with Crippen molar-refractivity contribution in [1.82, 2.24) is 15.0 Å². The number of aliphatic hydroxyl groups excluding tert-OH is 1. The molecule has 0 saturated carbocycles. The Bertz CT molecular complexity index is 1330. The lowest BCUT2D eigenvalue weighted by atomic mass is 9.74. The maximum atomic E-state index is 11.5. The number of hydrogen-bond acceptors (Lipinski definition) is 8. The number of aryl methyl sites for hydroxylation is 1. The molecule has 1 N–H and O–H groups in total. The van der Waals surface area contributed by atoms with Gasteiger partial charge in [0.25, 0.3) is 0 Å². The van der Waals surface area contributed by atoms with Gasteiger partial charge in [0.15, 0.2) is 0 Å². The second-order valence-electron chi connectivity index (χ2n) is 8.84. The van der Waals surface area contributed by atoms with Gasteiger partial charge in [-0.15, -0.1) is 11.3 Å². The van der Waals surface area contributed by atoms with Gasteiger partial charge in [-0.2, -0.15) is 0 Å². The Labute approximate surface area is 196 Å². The van der Waals surface area contributed by atoms with Crippen molar-refractivity contribution in [3.63, 3.8) is 0 Å². The third kappa shape index (κ3) is 3.92. The van der Waals surface area contributed by atoms with Crippen molar-refractivity contribution in [3.8, 4) is 22.2 Å². The smallest absolute Gasteiger partial charge is 0.232 e. The van der Waals surface area contributed by atoms with E-state index in [9.17, 15) is 5.11 Å². The van der Waals surface area contributed by atoms with E-state index in [0.717, 1.165) is 55.8 Å². The number of methoxy groups -OCH3 is 2. The number of ether oxygens (including phenoxy) is 3. The minimum absolute atomic E-state index is 0.278. The molecule has 0 spiro atoms. The molecule has 8 heteroatoms. The monoisotopic (exact) mass is 465 g/mol. The van der Waals surface area contributed by atoms with Crippen LogP contribution in [0, 0.1) is 12.3 Å². The number of hydrogen-bond donors (Lipinski definition) is 1. The Morgan fingerprint density at radius 3 is 2.58 bits per heavy atom. The Hall–Kier alpha value is -2.81. The van der Waals surface area contributed by atoms with Crippen molar-refractivity contribution < 1.29 is 19.3 Å². The van der Waals surface area contributed by atoms with Crippen LogP contribution in [0.5, 0.6) is 11.6 Å². The molecule has 1 aliphatic rings. The van der Waals surface area contributed by atoms with Crippen molar-refractivity contribution in [2.45, 2.75) is 32.8 Å². The Balaban J connectivity index is 1.68. The third-order valence-electron chi connectivity index (χ3n) is 6.53. The molecule has 1 aliphatic heterocycles. The third-order valence-corrected chi connectivity index (χ3v) is 7.57. The van der Waals surface area contributed by atoms with Gasteiger partial charge in [-0.25, -0.2) is 15.0 Å². The van der Waals surface area contributed by atoms with Crippen LogP contribution in [0.4, 0.5) is 0 Å². The summed E-state index contributed by atoms with van der Waals surface area (Å²) in [6.07, 6.45) is 2.54. The molecular weight excluding hydrogens is 438 g/mol. The molecule has 7 nitrogen and oxygen atoms in total. The van der Waals surface area contributed by atoms with Crippen LogP contribution in [0.3, 0.4) is 0 Å². The summed E-state index contributed by atoms with van der Waals surface area (Å²) >= 11 is 1.56. The highest BCUT2D eigenvalue weighted by molar-refractivity contribution is 7.21. The number of aromatic nitrogens is 3. The molecule has 3 heterocycles. The SMILES string of the molecule is COc1cc(C(O)C2(C)CCOCC2)c2nc(-c3cc(C)cc4nc(OC)cnc34)sc2c1. The van der Waals surface area contributed by atoms with Gasteiger partial charge in [0, 0.05) is 29.8 Å². The summed E-state index contributed by atoms with van der Waals surface area (Å²) in [6.45, 7) is 5.46. The van der Waals surface area contributed by atoms with E-state index in [4.69, 9.17) is 19.2 Å². The molecule has 1 atom stereocenters. The second-order valence-corrected chi connectivity index (χ2v) is 9.87. The van der Waals surface area contributed by atoms with Gasteiger partial charge in [0.05, 0.1) is 47.8 Å². The lowest BCUT2D eigenvalue weighted by Crippen LogP contribution is -2.32. The molecule has 0 radical (unpaired) electrons. The fraction of sp³-hybridized carbons (Fsp3) is 0.400. The minimum atomic E-state index is -0.674. The zero-order valence-electron chi connectivity index (χ0n) is 19.2. The van der Waals surface area contributed by atoms with Crippen LogP contribution in [0.15, 0.2) is 30.5 Å². The van der Waals surface area contributed by atoms with Crippen molar-refractivity contribution >= 4 is 32.6 Å². The molecule has 2 aromatic heterocycles. The highest BCUT2D eigenvalue weighted by Gasteiger charge is 2.37. The summed E-state index contributed by atoms with van der Waals surface area (Å²) in [5, 5.41) is 12.3. The van der Waals surface area contributed by atoms with Crippen LogP contribution < -0.4 is 9.47 Å². The molecule has 4 aromatic rings. The van der Waals surface area contributed by atoms with Crippen LogP contribution in [-0.4, -0.2) is 47.5 Å². The maximum absolute atomic E-state index is 11.5. The number of thiazole rings is 1. The van der Waals surface area contributed by atoms with E-state index in [2.05, 4.69) is 23.0 Å². The largest absolute Gasteiger partial charge is 0.497 e. The topological polar surface area (TPSA) is 86.6 Å². The first-order chi connectivity index (χ1) is 15.9. The zero-order chi connectivity index (χ0) is 23.2. The summed E-state index contributed by atoms with van der Waals surface area (Å²) < 4.78 is 17.3. The molecular formula is C25H27N3O4S. The molecule has 33 heavy (non-hydrogen) atoms. The molecule has 2 aromatic carbocycles. The van der Waals surface area contributed by atoms with Gasteiger partial charge in [0.2, 0.25) is 5.88 Å². The van der Waals surface area contributed by atoms with Gasteiger partial charge in [-0.3, -0.25) is 0 Å². The molecule has 5 rings (SSSR count). The molecule has 0 aliphatic carbocycles. The number of fused-ring (bicyclic) bond motifs is 2. The average Bonchev–Trinajstić information content (AvgIpc) is 3.26. The van der Waals surface area contributed by atoms with Crippen molar-refractivity contribution in [3.05, 3.63) is 41.6 Å². The lowest BCUT2D eigenvalue weighted by molar-refractivity contribution is -0.0521. The highest BCUT2D eigenvalue weighted by Crippen LogP contribution is 2.46. The normalized spacial score (nSPS) is 16.8. The van der Waals surface area contributed by atoms with Crippen LogP contribution in [0.2, 0.25) is 0 Å². The van der Waals surface area contributed by atoms with Crippen LogP contribution >= 0.6 is 11.3 Å². The summed E-state index contributed by atoms with van der Waals surface area (Å²) in [7, 11) is 3.23. The van der Waals surface area contributed by atoms with Gasteiger partial charge in [-0.1, -0.05) is 6.92 Å². The first-order valence-corrected chi connectivity index (χ1v) is 11.8. The summed E-state index contributed by atoms with van der Waals surface area (Å²) in [5.74, 6) is 1.18. The minimum Gasteiger partial charge on any atom is -0.497 e. The summed E-state index contributed by atoms with van der Waals surface area (Å²) in [5.41, 5.74) is 4.82. The second kappa shape index (κ2) is 8.52. The lowest BCUT2D eigenvalue weighted by Gasteiger charge is -2.38. The van der Waals surface area contributed by atoms with Gasteiger partial charge >= 0.3 is 0 Å². The molecule has 1 fully saturated rings. The fourth-order valence-electron chi connectivity index (χ4n) is 4.47. The van der Waals surface area contributed by atoms with E-state index in [-0.39, 0.29) is 5.41 Å². The summed E-state index contributed by atoms with van der Waals surface area (Å²) in [4.78, 5) is 14.2. The standard InChI is InChI=1S/C25H27N3O4S/c1-14-9-17(21-18(10-14)27-20(31-4)13-26-21)24-28-22-16(11-15(30-3)12-19(22)33-24)23(29)25(2)5-7-32-8-6-25/h9-13,23,29H,5-8H2,1-4H3. The van der Waals surface area contributed by atoms with Crippen molar-refractivity contribution in [2.75, 3.05) is 27.4 Å². The Kier molecular flexibility index (Phi) is 5.68. The maximum Gasteiger partial charge on any atom is 0.232 e. The van der Waals surface area contributed by atoms with Crippen LogP contribution in [-0.2, 0) is 4.74 Å².